The average molecular weight is 215 g/mol. The number of hydrogen-bond acceptors (Lipinski definition) is 3. The summed E-state index contributed by atoms with van der Waals surface area (Å²) in [6.07, 6.45) is 3.42. The number of H-pyrrole nitrogens is 1. The molecule has 0 radical (unpaired) electrons. The number of hydrogen-bond donors (Lipinski definition) is 1. The lowest BCUT2D eigenvalue weighted by molar-refractivity contribution is 0.415. The first-order valence-electron chi connectivity index (χ1n) is 4.97. The van der Waals surface area contributed by atoms with Crippen molar-refractivity contribution >= 4 is 11.9 Å². The summed E-state index contributed by atoms with van der Waals surface area (Å²) in [5, 5.41) is 0. The van der Waals surface area contributed by atoms with Crippen LogP contribution in [0.2, 0.25) is 0 Å². The van der Waals surface area contributed by atoms with Crippen LogP contribution in [0.25, 0.3) is 0 Å². The van der Waals surface area contributed by atoms with Crippen molar-refractivity contribution in [2.24, 2.45) is 4.99 Å². The Morgan fingerprint density at radius 1 is 1.44 bits per heavy atom. The lowest BCUT2D eigenvalue weighted by atomic mass is 10.3. The molecular formula is C12H13N3O. The zero-order valence-electron chi connectivity index (χ0n) is 9.27. The Balaban J connectivity index is 2.20. The minimum absolute atomic E-state index is 0.802. The van der Waals surface area contributed by atoms with E-state index >= 15 is 0 Å². The van der Waals surface area contributed by atoms with Crippen molar-refractivity contribution in [2.45, 2.75) is 6.92 Å². The molecule has 2 aromatic rings. The molecule has 0 saturated heterocycles. The number of imidazole rings is 1. The van der Waals surface area contributed by atoms with Gasteiger partial charge in [-0.05, 0) is 19.1 Å². The Hall–Kier alpha value is -2.10. The number of aromatic nitrogens is 2. The van der Waals surface area contributed by atoms with Crippen molar-refractivity contribution in [2.75, 3.05) is 7.11 Å². The fraction of sp³-hybridized carbons (Fsp3) is 0.167. The third kappa shape index (κ3) is 2.28. The molecule has 1 heterocycles. The molecule has 4 nitrogen and oxygen atoms in total. The molecule has 0 bridgehead atoms. The van der Waals surface area contributed by atoms with E-state index in [1.54, 1.807) is 19.7 Å². The monoisotopic (exact) mass is 215 g/mol. The first-order chi connectivity index (χ1) is 7.79. The van der Waals surface area contributed by atoms with Crippen molar-refractivity contribution in [1.29, 1.82) is 0 Å². The van der Waals surface area contributed by atoms with Gasteiger partial charge in [-0.1, -0.05) is 6.07 Å². The van der Waals surface area contributed by atoms with E-state index in [1.165, 1.54) is 0 Å². The average Bonchev–Trinajstić information content (AvgIpc) is 2.72. The molecule has 0 unspecified atom stereocenters. The van der Waals surface area contributed by atoms with Crippen LogP contribution in [0.3, 0.4) is 0 Å². The summed E-state index contributed by atoms with van der Waals surface area (Å²) >= 11 is 0. The van der Waals surface area contributed by atoms with E-state index in [0.29, 0.717) is 0 Å². The second-order valence-electron chi connectivity index (χ2n) is 3.36. The number of nitrogens with one attached hydrogen (secondary N) is 1. The highest BCUT2D eigenvalue weighted by atomic mass is 16.5. The van der Waals surface area contributed by atoms with Crippen molar-refractivity contribution in [3.63, 3.8) is 0 Å². The number of benzene rings is 1. The first-order valence-corrected chi connectivity index (χ1v) is 4.97. The largest absolute Gasteiger partial charge is 0.497 e. The maximum Gasteiger partial charge on any atom is 0.121 e. The number of rotatable bonds is 3. The molecule has 82 valence electrons. The number of aryl methyl sites for hydroxylation is 1. The molecule has 0 aliphatic heterocycles. The van der Waals surface area contributed by atoms with E-state index in [4.69, 9.17) is 4.74 Å². The van der Waals surface area contributed by atoms with Crippen LogP contribution in [0.5, 0.6) is 5.75 Å². The predicted octanol–water partition coefficient (Wildman–Crippen LogP) is 2.48. The zero-order valence-corrected chi connectivity index (χ0v) is 9.27. The first kappa shape index (κ1) is 10.4. The smallest absolute Gasteiger partial charge is 0.121 e. The minimum atomic E-state index is 0.802. The molecule has 0 aliphatic rings. The van der Waals surface area contributed by atoms with E-state index in [1.807, 2.05) is 31.2 Å². The molecule has 0 spiro atoms. The summed E-state index contributed by atoms with van der Waals surface area (Å²) in [6.45, 7) is 1.93. The van der Waals surface area contributed by atoms with Gasteiger partial charge < -0.3 is 9.72 Å². The maximum atomic E-state index is 5.12. The molecular weight excluding hydrogens is 202 g/mol. The van der Waals surface area contributed by atoms with Gasteiger partial charge in [0.05, 0.1) is 36.7 Å². The highest BCUT2D eigenvalue weighted by Crippen LogP contribution is 2.19. The second-order valence-corrected chi connectivity index (χ2v) is 3.36. The minimum Gasteiger partial charge on any atom is -0.497 e. The van der Waals surface area contributed by atoms with Crippen LogP contribution in [-0.4, -0.2) is 23.3 Å². The Bertz CT molecular complexity index is 502. The van der Waals surface area contributed by atoms with Gasteiger partial charge in [-0.25, -0.2) is 4.98 Å². The molecule has 4 heteroatoms. The van der Waals surface area contributed by atoms with E-state index in [-0.39, 0.29) is 0 Å². The molecule has 2 rings (SSSR count). The predicted molar refractivity (Wildman–Crippen MR) is 63.6 cm³/mol. The normalized spacial score (nSPS) is 10.9. The summed E-state index contributed by atoms with van der Waals surface area (Å²) in [7, 11) is 1.64. The number of ether oxygens (including phenoxy) is 1. The summed E-state index contributed by atoms with van der Waals surface area (Å²) in [5.41, 5.74) is 2.71. The highest BCUT2D eigenvalue weighted by molar-refractivity contribution is 5.80. The molecule has 1 N–H and O–H groups in total. The van der Waals surface area contributed by atoms with Gasteiger partial charge in [0, 0.05) is 6.07 Å². The summed E-state index contributed by atoms with van der Waals surface area (Å²) in [5.74, 6) is 0.802. The molecule has 0 saturated carbocycles. The van der Waals surface area contributed by atoms with Crippen molar-refractivity contribution < 1.29 is 4.74 Å². The zero-order chi connectivity index (χ0) is 11.4. The number of aliphatic imine (C=N–C) groups is 1. The van der Waals surface area contributed by atoms with E-state index < -0.39 is 0 Å². The number of nitrogens with zero attached hydrogens (tertiary/aromatic N) is 2. The maximum absolute atomic E-state index is 5.12. The van der Waals surface area contributed by atoms with Gasteiger partial charge in [-0.15, -0.1) is 0 Å². The van der Waals surface area contributed by atoms with E-state index in [2.05, 4.69) is 15.0 Å². The van der Waals surface area contributed by atoms with Crippen LogP contribution < -0.4 is 4.74 Å². The Kier molecular flexibility index (Phi) is 3.00. The SMILES string of the molecule is COc1cccc(/N=C/c2[nH]cnc2C)c1. The third-order valence-electron chi connectivity index (χ3n) is 2.26. The summed E-state index contributed by atoms with van der Waals surface area (Å²) in [4.78, 5) is 11.4. The number of aromatic amines is 1. The second kappa shape index (κ2) is 4.61. The van der Waals surface area contributed by atoms with Gasteiger partial charge in [-0.2, -0.15) is 0 Å². The van der Waals surface area contributed by atoms with E-state index in [9.17, 15) is 0 Å². The molecule has 1 aromatic carbocycles. The van der Waals surface area contributed by atoms with Gasteiger partial charge in [0.1, 0.15) is 5.75 Å². The molecule has 0 atom stereocenters. The van der Waals surface area contributed by atoms with Crippen LogP contribution in [0.4, 0.5) is 5.69 Å². The van der Waals surface area contributed by atoms with Gasteiger partial charge in [0.2, 0.25) is 0 Å². The Morgan fingerprint density at radius 2 is 2.31 bits per heavy atom. The topological polar surface area (TPSA) is 50.3 Å². The van der Waals surface area contributed by atoms with Crippen molar-refractivity contribution in [3.8, 4) is 5.75 Å². The fourth-order valence-electron chi connectivity index (χ4n) is 1.33. The molecule has 1 aromatic heterocycles. The molecule has 0 amide bonds. The molecule has 0 aliphatic carbocycles. The van der Waals surface area contributed by atoms with Crippen LogP contribution in [0.1, 0.15) is 11.4 Å². The Labute approximate surface area is 94.0 Å². The van der Waals surface area contributed by atoms with Crippen LogP contribution in [-0.2, 0) is 0 Å². The Morgan fingerprint density at radius 3 is 3.00 bits per heavy atom. The van der Waals surface area contributed by atoms with Crippen LogP contribution in [0, 0.1) is 6.92 Å². The van der Waals surface area contributed by atoms with Gasteiger partial charge in [0.25, 0.3) is 0 Å². The number of methoxy groups -OCH3 is 1. The highest BCUT2D eigenvalue weighted by Gasteiger charge is 1.96. The summed E-state index contributed by atoms with van der Waals surface area (Å²) < 4.78 is 5.12. The molecule has 16 heavy (non-hydrogen) atoms. The quantitative estimate of drug-likeness (QED) is 0.799. The van der Waals surface area contributed by atoms with Crippen molar-refractivity contribution in [1.82, 2.24) is 9.97 Å². The van der Waals surface area contributed by atoms with E-state index in [0.717, 1.165) is 22.8 Å². The fourth-order valence-corrected chi connectivity index (χ4v) is 1.33. The lowest BCUT2D eigenvalue weighted by Crippen LogP contribution is -1.84. The molecule has 0 fully saturated rings. The summed E-state index contributed by atoms with van der Waals surface area (Å²) in [6, 6.07) is 7.60. The van der Waals surface area contributed by atoms with Crippen LogP contribution in [0.15, 0.2) is 35.6 Å². The van der Waals surface area contributed by atoms with Gasteiger partial charge in [0.15, 0.2) is 0 Å². The lowest BCUT2D eigenvalue weighted by Gasteiger charge is -1.99. The standard InChI is InChI=1S/C12H13N3O/c1-9-12(15-8-14-9)7-13-10-4-3-5-11(6-10)16-2/h3-8H,1-2H3,(H,14,15)/b13-7+. The van der Waals surface area contributed by atoms with Gasteiger partial charge >= 0.3 is 0 Å². The third-order valence-corrected chi connectivity index (χ3v) is 2.26. The van der Waals surface area contributed by atoms with Crippen LogP contribution >= 0.6 is 0 Å². The van der Waals surface area contributed by atoms with Crippen molar-refractivity contribution in [3.05, 3.63) is 42.0 Å². The van der Waals surface area contributed by atoms with Gasteiger partial charge in [-0.3, -0.25) is 4.99 Å².